The van der Waals surface area contributed by atoms with Gasteiger partial charge in [0.2, 0.25) is 0 Å². The number of likely N-dealkylation sites (tertiary alicyclic amines) is 1. The van der Waals surface area contributed by atoms with Gasteiger partial charge in [-0.05, 0) is 61.7 Å². The molecule has 1 aliphatic heterocycles. The molecule has 2 aromatic rings. The zero-order valence-electron chi connectivity index (χ0n) is 19.1. The van der Waals surface area contributed by atoms with Crippen LogP contribution in [0.5, 0.6) is 0 Å². The number of allylic oxidation sites excluding steroid dienone is 2. The molecule has 3 atom stereocenters. The van der Waals surface area contributed by atoms with Crippen LogP contribution >= 0.6 is 22.9 Å². The van der Waals surface area contributed by atoms with E-state index in [1.807, 2.05) is 17.5 Å². The van der Waals surface area contributed by atoms with Crippen LogP contribution in [-0.2, 0) is 0 Å². The number of amides is 1. The first-order valence-electron chi connectivity index (χ1n) is 11.7. The van der Waals surface area contributed by atoms with Crippen LogP contribution in [0.3, 0.4) is 0 Å². The maximum atomic E-state index is 14.0. The van der Waals surface area contributed by atoms with Crippen molar-refractivity contribution in [2.45, 2.75) is 51.0 Å². The average Bonchev–Trinajstić information content (AvgIpc) is 3.32. The van der Waals surface area contributed by atoms with E-state index in [0.717, 1.165) is 49.0 Å². The van der Waals surface area contributed by atoms with Crippen molar-refractivity contribution in [1.82, 2.24) is 15.2 Å². The predicted molar refractivity (Wildman–Crippen MR) is 134 cm³/mol. The van der Waals surface area contributed by atoms with E-state index < -0.39 is 0 Å². The molecule has 176 valence electrons. The number of halogens is 2. The van der Waals surface area contributed by atoms with Gasteiger partial charge in [-0.3, -0.25) is 4.79 Å². The minimum absolute atomic E-state index is 0.226. The molecule has 1 aromatic carbocycles. The molecule has 0 bridgehead atoms. The van der Waals surface area contributed by atoms with Gasteiger partial charge in [-0.2, -0.15) is 0 Å². The van der Waals surface area contributed by atoms with Crippen LogP contribution in [0.2, 0.25) is 5.02 Å². The number of piperidine rings is 1. The molecule has 4 nitrogen and oxygen atoms in total. The summed E-state index contributed by atoms with van der Waals surface area (Å²) in [6.07, 6.45) is 8.01. The van der Waals surface area contributed by atoms with Crippen LogP contribution in [0.4, 0.5) is 4.39 Å². The van der Waals surface area contributed by atoms with Gasteiger partial charge >= 0.3 is 0 Å². The van der Waals surface area contributed by atoms with Gasteiger partial charge in [0.25, 0.3) is 5.91 Å². The monoisotopic (exact) mass is 487 g/mol. The van der Waals surface area contributed by atoms with Crippen molar-refractivity contribution in [2.75, 3.05) is 19.6 Å². The van der Waals surface area contributed by atoms with E-state index in [-0.39, 0.29) is 23.7 Å². The second-order valence-electron chi connectivity index (χ2n) is 9.15. The number of nitrogens with one attached hydrogen (secondary N) is 1. The summed E-state index contributed by atoms with van der Waals surface area (Å²) in [5, 5.41) is 6.55. The lowest BCUT2D eigenvalue weighted by Crippen LogP contribution is -2.38. The molecule has 1 aromatic heterocycles. The third-order valence-electron chi connectivity index (χ3n) is 6.70. The summed E-state index contributed by atoms with van der Waals surface area (Å²) < 4.78 is 14.0. The molecule has 7 heteroatoms. The Hall–Kier alpha value is -2.02. The highest BCUT2D eigenvalue weighted by atomic mass is 35.5. The van der Waals surface area contributed by atoms with Gasteiger partial charge in [0.15, 0.2) is 0 Å². The first kappa shape index (κ1) is 24.1. The zero-order valence-corrected chi connectivity index (χ0v) is 20.7. The standard InChI is InChI=1S/C26H31ClFN3OS/c1-3-17(2)15-31-12-10-19(11-13-31)26-30-24(16-33-26)25(32)29-23-9-8-21(28)14-22(23)18-4-6-20(27)7-5-18/h4-9,14,16-17,19,22-23H,3,10-13,15H2,1-2H3,(H,29,32). The summed E-state index contributed by atoms with van der Waals surface area (Å²) >= 11 is 7.57. The molecule has 2 aliphatic rings. The highest BCUT2D eigenvalue weighted by Gasteiger charge is 2.27. The number of hydrogen-bond donors (Lipinski definition) is 1. The Morgan fingerprint density at radius 3 is 2.73 bits per heavy atom. The first-order chi connectivity index (χ1) is 15.9. The number of rotatable bonds is 7. The van der Waals surface area contributed by atoms with Crippen LogP contribution in [0, 0.1) is 5.92 Å². The van der Waals surface area contributed by atoms with E-state index in [2.05, 4.69) is 29.0 Å². The van der Waals surface area contributed by atoms with E-state index >= 15 is 0 Å². The summed E-state index contributed by atoms with van der Waals surface area (Å²) in [6, 6.07) is 6.93. The van der Waals surface area contributed by atoms with Gasteiger partial charge in [0, 0.05) is 28.8 Å². The minimum atomic E-state index is -0.355. The topological polar surface area (TPSA) is 45.2 Å². The minimum Gasteiger partial charge on any atom is -0.344 e. The maximum Gasteiger partial charge on any atom is 0.271 e. The Morgan fingerprint density at radius 2 is 2.03 bits per heavy atom. The van der Waals surface area contributed by atoms with Gasteiger partial charge in [-0.15, -0.1) is 11.3 Å². The molecule has 1 N–H and O–H groups in total. The van der Waals surface area contributed by atoms with E-state index in [1.54, 1.807) is 29.5 Å². The number of benzene rings is 1. The second kappa shape index (κ2) is 10.9. The smallest absolute Gasteiger partial charge is 0.271 e. The number of hydrogen-bond acceptors (Lipinski definition) is 4. The van der Waals surface area contributed by atoms with Crippen molar-refractivity contribution < 1.29 is 9.18 Å². The van der Waals surface area contributed by atoms with Crippen molar-refractivity contribution in [3.8, 4) is 0 Å². The number of carbonyl (C=O) groups is 1. The van der Waals surface area contributed by atoms with Crippen molar-refractivity contribution in [3.63, 3.8) is 0 Å². The zero-order chi connectivity index (χ0) is 23.4. The van der Waals surface area contributed by atoms with Gasteiger partial charge in [-0.25, -0.2) is 9.37 Å². The summed E-state index contributed by atoms with van der Waals surface area (Å²) in [6.45, 7) is 7.88. The lowest BCUT2D eigenvalue weighted by atomic mass is 9.88. The summed E-state index contributed by atoms with van der Waals surface area (Å²) in [5.41, 5.74) is 1.34. The summed E-state index contributed by atoms with van der Waals surface area (Å²) in [4.78, 5) is 20.2. The predicted octanol–water partition coefficient (Wildman–Crippen LogP) is 6.33. The molecular weight excluding hydrogens is 457 g/mol. The Bertz CT molecular complexity index is 1010. The van der Waals surface area contributed by atoms with E-state index in [1.165, 1.54) is 18.6 Å². The van der Waals surface area contributed by atoms with Crippen LogP contribution in [0.15, 0.2) is 53.7 Å². The van der Waals surface area contributed by atoms with E-state index in [4.69, 9.17) is 11.6 Å². The molecule has 1 amide bonds. The third-order valence-corrected chi connectivity index (χ3v) is 7.96. The highest BCUT2D eigenvalue weighted by molar-refractivity contribution is 7.09. The van der Waals surface area contributed by atoms with Crippen molar-refractivity contribution >= 4 is 28.8 Å². The fourth-order valence-electron chi connectivity index (χ4n) is 4.51. The number of thiazole rings is 1. The molecule has 2 heterocycles. The Labute approximate surface area is 204 Å². The second-order valence-corrected chi connectivity index (χ2v) is 10.5. The van der Waals surface area contributed by atoms with Crippen LogP contribution < -0.4 is 5.32 Å². The Kier molecular flexibility index (Phi) is 7.99. The van der Waals surface area contributed by atoms with Gasteiger partial charge in [0.05, 0.1) is 11.0 Å². The molecule has 4 rings (SSSR count). The van der Waals surface area contributed by atoms with Crippen molar-refractivity contribution in [1.29, 1.82) is 0 Å². The summed E-state index contributed by atoms with van der Waals surface area (Å²) in [5.74, 6) is 0.306. The Morgan fingerprint density at radius 1 is 1.30 bits per heavy atom. The maximum absolute atomic E-state index is 14.0. The van der Waals surface area contributed by atoms with Gasteiger partial charge in [0.1, 0.15) is 11.5 Å². The van der Waals surface area contributed by atoms with E-state index in [0.29, 0.717) is 16.6 Å². The molecule has 1 saturated heterocycles. The number of carbonyl (C=O) groups excluding carboxylic acids is 1. The van der Waals surface area contributed by atoms with E-state index in [9.17, 15) is 9.18 Å². The van der Waals surface area contributed by atoms with Gasteiger partial charge < -0.3 is 10.2 Å². The molecule has 0 radical (unpaired) electrons. The lowest BCUT2D eigenvalue weighted by Gasteiger charge is -2.32. The SMILES string of the molecule is CCC(C)CN1CCC(c2nc(C(=O)NC3C=CC(F)=CC3c3ccc(Cl)cc3)cs2)CC1. The lowest BCUT2D eigenvalue weighted by molar-refractivity contribution is 0.0937. The molecule has 33 heavy (non-hydrogen) atoms. The van der Waals surface area contributed by atoms with Crippen molar-refractivity contribution in [2.24, 2.45) is 5.92 Å². The molecule has 1 aliphatic carbocycles. The molecule has 3 unspecified atom stereocenters. The molecule has 0 saturated carbocycles. The first-order valence-corrected chi connectivity index (χ1v) is 13.0. The fraction of sp³-hybridized carbons (Fsp3) is 0.462. The molecule has 1 fully saturated rings. The van der Waals surface area contributed by atoms with Crippen molar-refractivity contribution in [3.05, 3.63) is 75.0 Å². The fourth-order valence-corrected chi connectivity index (χ4v) is 5.61. The highest BCUT2D eigenvalue weighted by Crippen LogP contribution is 2.32. The Balaban J connectivity index is 1.38. The quantitative estimate of drug-likeness (QED) is 0.496. The van der Waals surface area contributed by atoms with Gasteiger partial charge in [-0.1, -0.05) is 50.1 Å². The van der Waals surface area contributed by atoms with Crippen LogP contribution in [0.25, 0.3) is 0 Å². The number of nitrogens with zero attached hydrogens (tertiary/aromatic N) is 2. The third kappa shape index (κ3) is 6.11. The molecule has 0 spiro atoms. The normalized spacial score (nSPS) is 22.7. The summed E-state index contributed by atoms with van der Waals surface area (Å²) in [7, 11) is 0. The molecular formula is C26H31ClFN3OS. The largest absolute Gasteiger partial charge is 0.344 e. The van der Waals surface area contributed by atoms with Crippen LogP contribution in [-0.4, -0.2) is 41.5 Å². The number of aromatic nitrogens is 1. The average molecular weight is 488 g/mol. The van der Waals surface area contributed by atoms with Crippen LogP contribution in [0.1, 0.15) is 66.0 Å².